The second-order valence-corrected chi connectivity index (χ2v) is 7.76. The summed E-state index contributed by atoms with van der Waals surface area (Å²) in [6, 6.07) is 22.4. The highest BCUT2D eigenvalue weighted by atomic mass is 16.5. The zero-order valence-electron chi connectivity index (χ0n) is 19.2. The zero-order valence-corrected chi connectivity index (χ0v) is 19.2. The van der Waals surface area contributed by atoms with E-state index < -0.39 is 0 Å². The Hall–Kier alpha value is -3.27. The summed E-state index contributed by atoms with van der Waals surface area (Å²) < 4.78 is 17.3. The summed E-state index contributed by atoms with van der Waals surface area (Å²) in [6.45, 7) is 6.98. The van der Waals surface area contributed by atoms with Crippen molar-refractivity contribution in [2.75, 3.05) is 13.2 Å². The molecule has 3 aromatic rings. The average molecular weight is 433 g/mol. The number of benzene rings is 3. The van der Waals surface area contributed by atoms with Crippen molar-refractivity contribution in [1.82, 2.24) is 0 Å². The van der Waals surface area contributed by atoms with Gasteiger partial charge in [0.15, 0.2) is 0 Å². The summed E-state index contributed by atoms with van der Waals surface area (Å²) in [5.41, 5.74) is 4.68. The molecule has 3 rings (SSSR count). The van der Waals surface area contributed by atoms with E-state index in [0.717, 1.165) is 36.3 Å². The Balaban J connectivity index is 1.51. The lowest BCUT2D eigenvalue weighted by atomic mass is 10.0. The molecule has 0 fully saturated rings. The van der Waals surface area contributed by atoms with Crippen molar-refractivity contribution in [1.29, 1.82) is 0 Å². The predicted molar refractivity (Wildman–Crippen MR) is 128 cm³/mol. The van der Waals surface area contributed by atoms with Crippen LogP contribution in [0.3, 0.4) is 0 Å². The topological polar surface area (TPSA) is 44.8 Å². The molecule has 0 saturated carbocycles. The van der Waals surface area contributed by atoms with Crippen molar-refractivity contribution in [2.45, 2.75) is 46.5 Å². The molecule has 0 amide bonds. The van der Waals surface area contributed by atoms with E-state index in [1.54, 1.807) is 13.0 Å². The van der Waals surface area contributed by atoms with Crippen LogP contribution in [0, 0.1) is 6.92 Å². The van der Waals surface area contributed by atoms with Gasteiger partial charge >= 0.3 is 5.97 Å². The Kier molecular flexibility index (Phi) is 8.73. The second kappa shape index (κ2) is 11.9. The maximum Gasteiger partial charge on any atom is 0.310 e. The first-order valence-corrected chi connectivity index (χ1v) is 11.3. The molecular formula is C28H32O4. The number of hydrogen-bond acceptors (Lipinski definition) is 4. The van der Waals surface area contributed by atoms with Crippen molar-refractivity contribution in [2.24, 2.45) is 0 Å². The van der Waals surface area contributed by atoms with Gasteiger partial charge in [-0.05, 0) is 59.9 Å². The van der Waals surface area contributed by atoms with Crippen molar-refractivity contribution in [3.05, 3.63) is 89.0 Å². The first-order chi connectivity index (χ1) is 15.6. The van der Waals surface area contributed by atoms with E-state index in [9.17, 15) is 4.79 Å². The molecule has 0 aliphatic heterocycles. The maximum atomic E-state index is 11.5. The molecule has 0 aromatic heterocycles. The maximum absolute atomic E-state index is 11.5. The fourth-order valence-corrected chi connectivity index (χ4v) is 3.40. The van der Waals surface area contributed by atoms with Gasteiger partial charge in [-0.1, -0.05) is 56.3 Å². The smallest absolute Gasteiger partial charge is 0.310 e. The van der Waals surface area contributed by atoms with Gasteiger partial charge in [0.2, 0.25) is 0 Å². The number of aryl methyl sites for hydroxylation is 2. The fraction of sp³-hybridized carbons (Fsp3) is 0.321. The number of carbonyl (C=O) groups excluding carboxylic acids is 1. The SMILES string of the molecule is CCC(=O)Oc1ccc(OCCCOc2ccc(CC)cc2Cc2ccccc2)cc1C. The molecule has 4 heteroatoms. The van der Waals surface area contributed by atoms with E-state index in [2.05, 4.69) is 49.4 Å². The highest BCUT2D eigenvalue weighted by Gasteiger charge is 2.08. The van der Waals surface area contributed by atoms with Gasteiger partial charge in [0.05, 0.1) is 13.2 Å². The third-order valence-corrected chi connectivity index (χ3v) is 5.24. The molecule has 0 bridgehead atoms. The van der Waals surface area contributed by atoms with Crippen LogP contribution in [0.1, 0.15) is 48.9 Å². The summed E-state index contributed by atoms with van der Waals surface area (Å²) in [6.07, 6.45) is 2.98. The number of carbonyl (C=O) groups is 1. The summed E-state index contributed by atoms with van der Waals surface area (Å²) in [5, 5.41) is 0. The van der Waals surface area contributed by atoms with Crippen LogP contribution in [0.4, 0.5) is 0 Å². The minimum Gasteiger partial charge on any atom is -0.493 e. The molecule has 3 aromatic carbocycles. The lowest BCUT2D eigenvalue weighted by Gasteiger charge is -2.14. The Morgan fingerprint density at radius 2 is 1.56 bits per heavy atom. The molecule has 0 unspecified atom stereocenters. The summed E-state index contributed by atoms with van der Waals surface area (Å²) in [7, 11) is 0. The van der Waals surface area contributed by atoms with Crippen molar-refractivity contribution in [3.8, 4) is 17.2 Å². The Morgan fingerprint density at radius 3 is 2.28 bits per heavy atom. The molecule has 32 heavy (non-hydrogen) atoms. The normalized spacial score (nSPS) is 10.6. The van der Waals surface area contributed by atoms with Gasteiger partial charge in [0, 0.05) is 19.3 Å². The average Bonchev–Trinajstić information content (AvgIpc) is 2.81. The summed E-state index contributed by atoms with van der Waals surface area (Å²) in [5.74, 6) is 2.03. The predicted octanol–water partition coefficient (Wildman–Crippen LogP) is 6.31. The molecule has 0 aliphatic rings. The van der Waals surface area contributed by atoms with Crippen LogP contribution < -0.4 is 14.2 Å². The third-order valence-electron chi connectivity index (χ3n) is 5.24. The summed E-state index contributed by atoms with van der Waals surface area (Å²) >= 11 is 0. The number of ether oxygens (including phenoxy) is 3. The molecule has 168 valence electrons. The third kappa shape index (κ3) is 6.88. The molecule has 0 aliphatic carbocycles. The monoisotopic (exact) mass is 432 g/mol. The minimum atomic E-state index is -0.238. The lowest BCUT2D eigenvalue weighted by molar-refractivity contribution is -0.134. The Bertz CT molecular complexity index is 1010. The Morgan fingerprint density at radius 1 is 0.812 bits per heavy atom. The van der Waals surface area contributed by atoms with Gasteiger partial charge < -0.3 is 14.2 Å². The first-order valence-electron chi connectivity index (χ1n) is 11.3. The zero-order chi connectivity index (χ0) is 22.8. The molecule has 4 nitrogen and oxygen atoms in total. The van der Waals surface area contributed by atoms with E-state index in [4.69, 9.17) is 14.2 Å². The van der Waals surface area contributed by atoms with E-state index >= 15 is 0 Å². The van der Waals surface area contributed by atoms with Gasteiger partial charge in [-0.3, -0.25) is 4.79 Å². The van der Waals surface area contributed by atoms with Crippen LogP contribution in [-0.2, 0) is 17.6 Å². The first kappa shape index (κ1) is 23.4. The molecule has 0 saturated heterocycles. The van der Waals surface area contributed by atoms with Gasteiger partial charge in [-0.15, -0.1) is 0 Å². The molecule has 0 heterocycles. The van der Waals surface area contributed by atoms with Gasteiger partial charge in [-0.25, -0.2) is 0 Å². The van der Waals surface area contributed by atoms with Crippen molar-refractivity contribution in [3.63, 3.8) is 0 Å². The fourth-order valence-electron chi connectivity index (χ4n) is 3.40. The highest BCUT2D eigenvalue weighted by Crippen LogP contribution is 2.25. The van der Waals surface area contributed by atoms with Crippen molar-refractivity contribution < 1.29 is 19.0 Å². The number of esters is 1. The van der Waals surface area contributed by atoms with Gasteiger partial charge in [0.1, 0.15) is 17.2 Å². The van der Waals surface area contributed by atoms with Gasteiger partial charge in [-0.2, -0.15) is 0 Å². The van der Waals surface area contributed by atoms with Crippen LogP contribution in [0.25, 0.3) is 0 Å². The van der Waals surface area contributed by atoms with Crippen molar-refractivity contribution >= 4 is 5.97 Å². The highest BCUT2D eigenvalue weighted by molar-refractivity contribution is 5.72. The molecule has 0 radical (unpaired) electrons. The van der Waals surface area contributed by atoms with Crippen LogP contribution in [0.2, 0.25) is 0 Å². The van der Waals surface area contributed by atoms with E-state index in [1.807, 2.05) is 25.1 Å². The largest absolute Gasteiger partial charge is 0.493 e. The van der Waals surface area contributed by atoms with E-state index in [0.29, 0.717) is 25.4 Å². The Labute approximate surface area is 191 Å². The minimum absolute atomic E-state index is 0.238. The quantitative estimate of drug-likeness (QED) is 0.202. The molecule has 0 spiro atoms. The van der Waals surface area contributed by atoms with Gasteiger partial charge in [0.25, 0.3) is 0 Å². The second-order valence-electron chi connectivity index (χ2n) is 7.76. The van der Waals surface area contributed by atoms with Crippen LogP contribution in [0.15, 0.2) is 66.7 Å². The number of hydrogen-bond donors (Lipinski definition) is 0. The molecule has 0 atom stereocenters. The van der Waals surface area contributed by atoms with Crippen LogP contribution >= 0.6 is 0 Å². The lowest BCUT2D eigenvalue weighted by Crippen LogP contribution is -2.08. The number of rotatable bonds is 11. The standard InChI is InChI=1S/C28H32O4/c1-4-22-12-14-27(24(19-22)20-23-10-7-6-8-11-23)31-17-9-16-30-25-13-15-26(21(3)18-25)32-28(29)5-2/h6-8,10-15,18-19H,4-5,9,16-17,20H2,1-3H3. The van der Waals surface area contributed by atoms with E-state index in [1.165, 1.54) is 16.7 Å². The molecule has 0 N–H and O–H groups in total. The van der Waals surface area contributed by atoms with E-state index in [-0.39, 0.29) is 5.97 Å². The van der Waals surface area contributed by atoms with Crippen LogP contribution in [-0.4, -0.2) is 19.2 Å². The molecular weight excluding hydrogens is 400 g/mol. The summed E-state index contributed by atoms with van der Waals surface area (Å²) in [4.78, 5) is 11.5. The van der Waals surface area contributed by atoms with Crippen LogP contribution in [0.5, 0.6) is 17.2 Å².